The highest BCUT2D eigenvalue weighted by Crippen LogP contribution is 2.40. The summed E-state index contributed by atoms with van der Waals surface area (Å²) in [5, 5.41) is 12.1. The maximum atomic E-state index is 12.4. The quantitative estimate of drug-likeness (QED) is 0.315. The molecule has 0 aliphatic rings. The van der Waals surface area contributed by atoms with Gasteiger partial charge in [-0.2, -0.15) is 0 Å². The first-order valence-corrected chi connectivity index (χ1v) is 12.2. The summed E-state index contributed by atoms with van der Waals surface area (Å²) < 4.78 is 27.4. The summed E-state index contributed by atoms with van der Waals surface area (Å²) >= 11 is 0. The van der Waals surface area contributed by atoms with Crippen LogP contribution < -0.4 is 10.5 Å². The van der Waals surface area contributed by atoms with Crippen molar-refractivity contribution >= 4 is 43.4 Å². The van der Waals surface area contributed by atoms with E-state index in [9.17, 15) is 18.3 Å². The largest absolute Gasteiger partial charge is 0.386 e. The number of allylic oxidation sites excluding steroid dienone is 1. The summed E-state index contributed by atoms with van der Waals surface area (Å²) in [7, 11) is -3.71. The van der Waals surface area contributed by atoms with Gasteiger partial charge in [0.1, 0.15) is 0 Å². The fraction of sp³-hybridized carbons (Fsp3) is 0.192. The van der Waals surface area contributed by atoms with Crippen LogP contribution in [0, 0.1) is 6.92 Å². The fourth-order valence-electron chi connectivity index (χ4n) is 4.09. The summed E-state index contributed by atoms with van der Waals surface area (Å²) in [6.07, 6.45) is 0. The van der Waals surface area contributed by atoms with Gasteiger partial charge in [-0.05, 0) is 68.1 Å². The molecule has 0 saturated heterocycles. The number of nitrogens with one attached hydrogen (secondary N) is 2. The molecule has 3 aromatic carbocycles. The molecule has 1 amide bonds. The predicted octanol–water partition coefficient (Wildman–Crippen LogP) is 4.90. The minimum absolute atomic E-state index is 0.0183. The Morgan fingerprint density at radius 1 is 1.12 bits per heavy atom. The molecule has 0 bridgehead atoms. The van der Waals surface area contributed by atoms with Gasteiger partial charge >= 0.3 is 0 Å². The lowest BCUT2D eigenvalue weighted by Crippen LogP contribution is -2.14. The number of primary amides is 1. The fourth-order valence-corrected chi connectivity index (χ4v) is 4.78. The van der Waals surface area contributed by atoms with Crippen LogP contribution in [0.25, 0.3) is 32.9 Å². The molecule has 0 radical (unpaired) electrons. The monoisotopic (exact) mass is 477 g/mol. The molecule has 0 atom stereocenters. The van der Waals surface area contributed by atoms with E-state index in [2.05, 4.69) is 16.3 Å². The van der Waals surface area contributed by atoms with E-state index >= 15 is 0 Å². The van der Waals surface area contributed by atoms with Crippen LogP contribution in [-0.2, 0) is 15.6 Å². The number of amides is 1. The summed E-state index contributed by atoms with van der Waals surface area (Å²) in [6, 6.07) is 14.5. The summed E-state index contributed by atoms with van der Waals surface area (Å²) in [5.41, 5.74) is 9.81. The zero-order valence-corrected chi connectivity index (χ0v) is 20.3. The molecule has 0 saturated carbocycles. The Morgan fingerprint density at radius 3 is 2.44 bits per heavy atom. The number of aliphatic hydroxyl groups is 1. The van der Waals surface area contributed by atoms with Gasteiger partial charge in [0.2, 0.25) is 0 Å². The molecule has 34 heavy (non-hydrogen) atoms. The van der Waals surface area contributed by atoms with Crippen LogP contribution >= 0.6 is 0 Å². The lowest BCUT2D eigenvalue weighted by molar-refractivity contribution is 0.0787. The van der Waals surface area contributed by atoms with Gasteiger partial charge in [0, 0.05) is 16.3 Å². The topological polar surface area (TPSA) is 125 Å². The van der Waals surface area contributed by atoms with Gasteiger partial charge in [-0.1, -0.05) is 36.9 Å². The molecule has 0 spiro atoms. The van der Waals surface area contributed by atoms with Crippen LogP contribution in [0.3, 0.4) is 0 Å². The van der Waals surface area contributed by atoms with Crippen molar-refractivity contribution in [2.75, 3.05) is 4.72 Å². The number of hydrogen-bond acceptors (Lipinski definition) is 4. The third kappa shape index (κ3) is 3.95. The number of H-pyrrole nitrogens is 1. The summed E-state index contributed by atoms with van der Waals surface area (Å²) in [5.74, 6) is -0.564. The van der Waals surface area contributed by atoms with Crippen molar-refractivity contribution < 1.29 is 18.3 Å². The maximum Gasteiger partial charge on any atom is 0.257 e. The highest BCUT2D eigenvalue weighted by molar-refractivity contribution is 7.96. The third-order valence-corrected chi connectivity index (χ3v) is 7.46. The van der Waals surface area contributed by atoms with Crippen molar-refractivity contribution in [2.24, 2.45) is 5.73 Å². The minimum Gasteiger partial charge on any atom is -0.386 e. The number of rotatable bonds is 6. The molecule has 176 valence electrons. The lowest BCUT2D eigenvalue weighted by atomic mass is 9.92. The first-order chi connectivity index (χ1) is 15.8. The average molecular weight is 478 g/mol. The Balaban J connectivity index is 2.02. The van der Waals surface area contributed by atoms with Crippen molar-refractivity contribution in [2.45, 2.75) is 33.3 Å². The molecule has 0 fully saturated rings. The Labute approximate surface area is 198 Å². The second-order valence-electron chi connectivity index (χ2n) is 9.00. The molecule has 8 heteroatoms. The summed E-state index contributed by atoms with van der Waals surface area (Å²) in [4.78, 5) is 15.5. The Morgan fingerprint density at radius 2 is 1.82 bits per heavy atom. The smallest absolute Gasteiger partial charge is 0.257 e. The van der Waals surface area contributed by atoms with Crippen molar-refractivity contribution in [1.82, 2.24) is 4.98 Å². The molecule has 0 unspecified atom stereocenters. The van der Waals surface area contributed by atoms with Gasteiger partial charge in [-0.15, -0.1) is 0 Å². The molecule has 4 rings (SSSR count). The summed E-state index contributed by atoms with van der Waals surface area (Å²) in [6.45, 7) is 10.2. The Bertz CT molecular complexity index is 1590. The van der Waals surface area contributed by atoms with Crippen molar-refractivity contribution in [3.8, 4) is 11.1 Å². The van der Waals surface area contributed by atoms with E-state index < -0.39 is 21.5 Å². The first-order valence-electron chi connectivity index (χ1n) is 10.7. The van der Waals surface area contributed by atoms with Crippen LogP contribution in [0.2, 0.25) is 0 Å². The van der Waals surface area contributed by atoms with Crippen LogP contribution in [0.5, 0.6) is 0 Å². The molecule has 1 heterocycles. The Kier molecular flexibility index (Phi) is 5.54. The van der Waals surface area contributed by atoms with E-state index in [1.165, 1.54) is 6.92 Å². The third-order valence-electron chi connectivity index (χ3n) is 6.05. The highest BCUT2D eigenvalue weighted by Gasteiger charge is 2.22. The lowest BCUT2D eigenvalue weighted by Gasteiger charge is -2.17. The average Bonchev–Trinajstić information content (AvgIpc) is 3.12. The van der Waals surface area contributed by atoms with E-state index in [-0.39, 0.29) is 4.91 Å². The molecule has 7 nitrogen and oxygen atoms in total. The number of aromatic nitrogens is 1. The van der Waals surface area contributed by atoms with E-state index in [1.54, 1.807) is 32.0 Å². The van der Waals surface area contributed by atoms with Gasteiger partial charge < -0.3 is 15.8 Å². The predicted molar refractivity (Wildman–Crippen MR) is 137 cm³/mol. The number of nitrogens with two attached hydrogens (primary N) is 1. The standard InChI is InChI=1S/C26H27N3O4S/c1-14(2)34(32,33)29-21-8-6-7-17(15(21)3)18-11-12-20(25(27)30)24-23(18)19-10-9-16(26(4,5)31)13-22(19)28-24/h6-13,28-29,31H,1H2,2-5H3,(H2,27,30). The van der Waals surface area contributed by atoms with Gasteiger partial charge in [0.25, 0.3) is 15.9 Å². The molecule has 1 aromatic heterocycles. The number of aromatic amines is 1. The number of fused-ring (bicyclic) bond motifs is 3. The Hall–Kier alpha value is -3.62. The van der Waals surface area contributed by atoms with Crippen LogP contribution in [0.15, 0.2) is 60.0 Å². The molecule has 5 N–H and O–H groups in total. The van der Waals surface area contributed by atoms with Crippen LogP contribution in [-0.4, -0.2) is 24.4 Å². The zero-order chi connectivity index (χ0) is 25.0. The number of hydrogen-bond donors (Lipinski definition) is 4. The second-order valence-corrected chi connectivity index (χ2v) is 10.9. The number of sulfonamides is 1. The van der Waals surface area contributed by atoms with Gasteiger partial charge in [0.05, 0.1) is 27.3 Å². The van der Waals surface area contributed by atoms with Crippen LogP contribution in [0.1, 0.15) is 42.3 Å². The zero-order valence-electron chi connectivity index (χ0n) is 19.5. The van der Waals surface area contributed by atoms with Crippen molar-refractivity contribution in [1.29, 1.82) is 0 Å². The van der Waals surface area contributed by atoms with E-state index in [4.69, 9.17) is 5.73 Å². The number of carbonyl (C=O) groups is 1. The van der Waals surface area contributed by atoms with E-state index in [1.807, 2.05) is 37.3 Å². The molecule has 0 aliphatic carbocycles. The molecule has 4 aromatic rings. The molecule has 0 aliphatic heterocycles. The maximum absolute atomic E-state index is 12.4. The van der Waals surface area contributed by atoms with Crippen LogP contribution in [0.4, 0.5) is 5.69 Å². The van der Waals surface area contributed by atoms with E-state index in [0.29, 0.717) is 16.8 Å². The molecular weight excluding hydrogens is 450 g/mol. The second kappa shape index (κ2) is 8.00. The molecular formula is C26H27N3O4S. The van der Waals surface area contributed by atoms with Crippen molar-refractivity contribution in [3.05, 3.63) is 76.7 Å². The number of benzene rings is 3. The minimum atomic E-state index is -3.71. The van der Waals surface area contributed by atoms with Gasteiger partial charge in [0.15, 0.2) is 0 Å². The van der Waals surface area contributed by atoms with Gasteiger partial charge in [-0.25, -0.2) is 8.42 Å². The number of anilines is 1. The highest BCUT2D eigenvalue weighted by atomic mass is 32.2. The SMILES string of the molecule is C=C(C)S(=O)(=O)Nc1cccc(-c2ccc(C(N)=O)c3[nH]c4cc(C(C)(C)O)ccc4c23)c1C. The van der Waals surface area contributed by atoms with E-state index in [0.717, 1.165) is 38.5 Å². The number of carbonyl (C=O) groups excluding carboxylic acids is 1. The van der Waals surface area contributed by atoms with Crippen molar-refractivity contribution in [3.63, 3.8) is 0 Å². The first kappa shape index (κ1) is 23.5. The van der Waals surface area contributed by atoms with Gasteiger partial charge in [-0.3, -0.25) is 9.52 Å². The normalized spacial score (nSPS) is 12.3.